The average molecular weight is 195 g/mol. The second-order valence-corrected chi connectivity index (χ2v) is 3.99. The lowest BCUT2D eigenvalue weighted by molar-refractivity contribution is 0.271. The number of H-pyrrole nitrogens is 1. The molecule has 0 radical (unpaired) electrons. The summed E-state index contributed by atoms with van der Waals surface area (Å²) < 4.78 is 0. The lowest BCUT2D eigenvalue weighted by atomic mass is 10.00. The number of hydrogen-bond donors (Lipinski definition) is 2. The molecule has 1 aromatic heterocycles. The van der Waals surface area contributed by atoms with Gasteiger partial charge >= 0.3 is 0 Å². The third-order valence-electron chi connectivity index (χ3n) is 2.92. The summed E-state index contributed by atoms with van der Waals surface area (Å²) in [5.41, 5.74) is 0. The summed E-state index contributed by atoms with van der Waals surface area (Å²) in [6.45, 7) is -0.0419. The Morgan fingerprint density at radius 3 is 2.50 bits per heavy atom. The molecule has 4 nitrogen and oxygen atoms in total. The number of aromatic amines is 1. The predicted octanol–water partition coefficient (Wildman–Crippen LogP) is 1.73. The summed E-state index contributed by atoms with van der Waals surface area (Å²) in [5, 5.41) is 15.8. The van der Waals surface area contributed by atoms with E-state index in [-0.39, 0.29) is 6.61 Å². The van der Waals surface area contributed by atoms with Crippen LogP contribution in [0, 0.1) is 0 Å². The van der Waals surface area contributed by atoms with E-state index in [1.165, 1.54) is 38.5 Å². The topological polar surface area (TPSA) is 61.8 Å². The molecule has 0 aromatic carbocycles. The van der Waals surface area contributed by atoms with E-state index in [0.717, 1.165) is 5.82 Å². The van der Waals surface area contributed by atoms with Crippen molar-refractivity contribution in [2.45, 2.75) is 51.0 Å². The number of rotatable bonds is 2. The number of aliphatic hydroxyl groups excluding tert-OH is 1. The van der Waals surface area contributed by atoms with Crippen LogP contribution in [0.1, 0.15) is 56.1 Å². The lowest BCUT2D eigenvalue weighted by Crippen LogP contribution is -1.99. The minimum Gasteiger partial charge on any atom is -0.388 e. The smallest absolute Gasteiger partial charge is 0.153 e. The summed E-state index contributed by atoms with van der Waals surface area (Å²) in [6.07, 6.45) is 7.65. The molecular weight excluding hydrogens is 178 g/mol. The van der Waals surface area contributed by atoms with Gasteiger partial charge in [0.15, 0.2) is 5.82 Å². The van der Waals surface area contributed by atoms with Crippen LogP contribution in [0.3, 0.4) is 0 Å². The molecule has 14 heavy (non-hydrogen) atoms. The molecule has 0 bridgehead atoms. The molecule has 0 saturated heterocycles. The zero-order chi connectivity index (χ0) is 9.80. The van der Waals surface area contributed by atoms with Gasteiger partial charge in [0.1, 0.15) is 12.4 Å². The fourth-order valence-corrected chi connectivity index (χ4v) is 2.10. The maximum atomic E-state index is 8.87. The van der Waals surface area contributed by atoms with Crippen molar-refractivity contribution in [1.29, 1.82) is 0 Å². The molecule has 78 valence electrons. The molecule has 2 rings (SSSR count). The standard InChI is InChI=1S/C10H17N3O/c14-7-9-11-10(13-12-9)8-5-3-1-2-4-6-8/h8,14H,1-7H2,(H,11,12,13). The van der Waals surface area contributed by atoms with Crippen LogP contribution >= 0.6 is 0 Å². The van der Waals surface area contributed by atoms with E-state index < -0.39 is 0 Å². The fraction of sp³-hybridized carbons (Fsp3) is 0.800. The highest BCUT2D eigenvalue weighted by atomic mass is 16.3. The highest BCUT2D eigenvalue weighted by Gasteiger charge is 2.18. The van der Waals surface area contributed by atoms with Crippen LogP contribution in [-0.2, 0) is 6.61 Å². The molecule has 0 aliphatic heterocycles. The minimum absolute atomic E-state index is 0.0419. The van der Waals surface area contributed by atoms with Gasteiger partial charge in [0, 0.05) is 5.92 Å². The number of nitrogens with zero attached hydrogens (tertiary/aromatic N) is 2. The number of aliphatic hydroxyl groups is 1. The molecule has 2 N–H and O–H groups in total. The first kappa shape index (κ1) is 9.65. The van der Waals surface area contributed by atoms with Crippen LogP contribution in [0.15, 0.2) is 0 Å². The first-order valence-corrected chi connectivity index (χ1v) is 5.42. The van der Waals surface area contributed by atoms with Crippen LogP contribution in [0.5, 0.6) is 0 Å². The zero-order valence-corrected chi connectivity index (χ0v) is 8.37. The number of hydrogen-bond acceptors (Lipinski definition) is 3. The second-order valence-electron chi connectivity index (χ2n) is 3.99. The zero-order valence-electron chi connectivity index (χ0n) is 8.37. The van der Waals surface area contributed by atoms with Gasteiger partial charge in [-0.25, -0.2) is 4.98 Å². The van der Waals surface area contributed by atoms with Crippen molar-refractivity contribution in [2.75, 3.05) is 0 Å². The van der Waals surface area contributed by atoms with E-state index >= 15 is 0 Å². The molecule has 0 spiro atoms. The Bertz CT molecular complexity index is 277. The van der Waals surface area contributed by atoms with E-state index in [2.05, 4.69) is 15.2 Å². The number of nitrogens with one attached hydrogen (secondary N) is 1. The van der Waals surface area contributed by atoms with Gasteiger partial charge in [-0.3, -0.25) is 5.10 Å². The molecule has 0 unspecified atom stereocenters. The van der Waals surface area contributed by atoms with Crippen LogP contribution in [0.25, 0.3) is 0 Å². The molecule has 1 aromatic rings. The van der Waals surface area contributed by atoms with E-state index in [1.807, 2.05) is 0 Å². The Morgan fingerprint density at radius 1 is 1.21 bits per heavy atom. The van der Waals surface area contributed by atoms with E-state index in [9.17, 15) is 0 Å². The van der Waals surface area contributed by atoms with Crippen molar-refractivity contribution in [3.8, 4) is 0 Å². The van der Waals surface area contributed by atoms with Gasteiger partial charge in [-0.2, -0.15) is 5.10 Å². The van der Waals surface area contributed by atoms with Gasteiger partial charge in [0.25, 0.3) is 0 Å². The lowest BCUT2D eigenvalue weighted by Gasteiger charge is -2.08. The summed E-state index contributed by atoms with van der Waals surface area (Å²) in [5.74, 6) is 1.99. The summed E-state index contributed by atoms with van der Waals surface area (Å²) in [6, 6.07) is 0. The van der Waals surface area contributed by atoms with Gasteiger partial charge in [-0.05, 0) is 12.8 Å². The molecule has 1 saturated carbocycles. The SMILES string of the molecule is OCc1nc(C2CCCCCC2)n[nH]1. The van der Waals surface area contributed by atoms with Crippen molar-refractivity contribution in [1.82, 2.24) is 15.2 Å². The Balaban J connectivity index is 2.04. The van der Waals surface area contributed by atoms with Gasteiger partial charge in [0.2, 0.25) is 0 Å². The Kier molecular flexibility index (Phi) is 3.14. The van der Waals surface area contributed by atoms with Crippen LogP contribution < -0.4 is 0 Å². The quantitative estimate of drug-likeness (QED) is 0.706. The Morgan fingerprint density at radius 2 is 1.93 bits per heavy atom. The molecule has 0 atom stereocenters. The molecule has 0 amide bonds. The van der Waals surface area contributed by atoms with Crippen molar-refractivity contribution < 1.29 is 5.11 Å². The first-order chi connectivity index (χ1) is 6.90. The van der Waals surface area contributed by atoms with Crippen LogP contribution in [0.2, 0.25) is 0 Å². The third-order valence-corrected chi connectivity index (χ3v) is 2.92. The molecule has 4 heteroatoms. The molecule has 1 fully saturated rings. The maximum Gasteiger partial charge on any atom is 0.153 e. The summed E-state index contributed by atoms with van der Waals surface area (Å²) in [4.78, 5) is 4.28. The minimum atomic E-state index is -0.0419. The summed E-state index contributed by atoms with van der Waals surface area (Å²) >= 11 is 0. The Hall–Kier alpha value is -0.900. The van der Waals surface area contributed by atoms with Crippen molar-refractivity contribution in [3.63, 3.8) is 0 Å². The van der Waals surface area contributed by atoms with Crippen molar-refractivity contribution >= 4 is 0 Å². The van der Waals surface area contributed by atoms with Crippen LogP contribution in [0.4, 0.5) is 0 Å². The second kappa shape index (κ2) is 4.55. The highest BCUT2D eigenvalue weighted by Crippen LogP contribution is 2.29. The first-order valence-electron chi connectivity index (χ1n) is 5.42. The van der Waals surface area contributed by atoms with Gasteiger partial charge in [0.05, 0.1) is 0 Å². The van der Waals surface area contributed by atoms with Gasteiger partial charge < -0.3 is 5.11 Å². The third kappa shape index (κ3) is 2.12. The number of aromatic nitrogens is 3. The van der Waals surface area contributed by atoms with E-state index in [4.69, 9.17) is 5.11 Å². The average Bonchev–Trinajstić information content (AvgIpc) is 2.53. The predicted molar refractivity (Wildman–Crippen MR) is 52.7 cm³/mol. The van der Waals surface area contributed by atoms with E-state index in [0.29, 0.717) is 11.7 Å². The molecule has 1 aliphatic carbocycles. The fourth-order valence-electron chi connectivity index (χ4n) is 2.10. The van der Waals surface area contributed by atoms with E-state index in [1.54, 1.807) is 0 Å². The van der Waals surface area contributed by atoms with Crippen molar-refractivity contribution in [3.05, 3.63) is 11.6 Å². The molecule has 1 heterocycles. The molecule has 1 aliphatic rings. The maximum absolute atomic E-state index is 8.87. The normalized spacial score (nSPS) is 19.5. The summed E-state index contributed by atoms with van der Waals surface area (Å²) in [7, 11) is 0. The largest absolute Gasteiger partial charge is 0.388 e. The van der Waals surface area contributed by atoms with Crippen LogP contribution in [-0.4, -0.2) is 20.3 Å². The molecular formula is C10H17N3O. The highest BCUT2D eigenvalue weighted by molar-refractivity contribution is 4.97. The monoisotopic (exact) mass is 195 g/mol. The van der Waals surface area contributed by atoms with Gasteiger partial charge in [-0.15, -0.1) is 0 Å². The Labute approximate surface area is 83.8 Å². The van der Waals surface area contributed by atoms with Crippen molar-refractivity contribution in [2.24, 2.45) is 0 Å². The van der Waals surface area contributed by atoms with Gasteiger partial charge in [-0.1, -0.05) is 25.7 Å².